The molecule has 94 valence electrons. The summed E-state index contributed by atoms with van der Waals surface area (Å²) in [6.45, 7) is 0.491. The number of rotatable bonds is 3. The Labute approximate surface area is 105 Å². The lowest BCUT2D eigenvalue weighted by atomic mass is 10.3. The third-order valence-corrected chi connectivity index (χ3v) is 2.48. The molecule has 3 N–H and O–H groups in total. The molecule has 5 heteroatoms. The summed E-state index contributed by atoms with van der Waals surface area (Å²) in [4.78, 5) is 13.5. The Kier molecular flexibility index (Phi) is 3.52. The van der Waals surface area contributed by atoms with Gasteiger partial charge in [-0.3, -0.25) is 0 Å². The van der Waals surface area contributed by atoms with Gasteiger partial charge in [-0.15, -0.1) is 0 Å². The predicted octanol–water partition coefficient (Wildman–Crippen LogP) is 2.53. The van der Waals surface area contributed by atoms with E-state index >= 15 is 0 Å². The number of carbonyl (C=O) groups is 1. The van der Waals surface area contributed by atoms with Crippen molar-refractivity contribution >= 4 is 17.4 Å². The quantitative estimate of drug-likeness (QED) is 0.816. The standard InChI is InChI=1S/C13H15N3O2/c1-16(8-10-5-6-18-9-10)13(17)15-12-4-2-3-11(14)7-12/h2-7,9H,8,14H2,1H3,(H,15,17). The zero-order valence-corrected chi connectivity index (χ0v) is 10.1. The van der Waals surface area contributed by atoms with Crippen molar-refractivity contribution in [3.8, 4) is 0 Å². The van der Waals surface area contributed by atoms with E-state index in [0.717, 1.165) is 5.56 Å². The van der Waals surface area contributed by atoms with Gasteiger partial charge in [0.15, 0.2) is 0 Å². The summed E-state index contributed by atoms with van der Waals surface area (Å²) in [5.74, 6) is 0. The lowest BCUT2D eigenvalue weighted by molar-refractivity contribution is 0.220. The van der Waals surface area contributed by atoms with Crippen molar-refractivity contribution in [2.24, 2.45) is 0 Å². The lowest BCUT2D eigenvalue weighted by Gasteiger charge is -2.17. The smallest absolute Gasteiger partial charge is 0.321 e. The SMILES string of the molecule is CN(Cc1ccoc1)C(=O)Nc1cccc(N)c1. The Morgan fingerprint density at radius 2 is 2.28 bits per heavy atom. The molecule has 2 amide bonds. The molecular weight excluding hydrogens is 230 g/mol. The van der Waals surface area contributed by atoms with E-state index in [1.165, 1.54) is 0 Å². The van der Waals surface area contributed by atoms with Gasteiger partial charge in [-0.25, -0.2) is 4.79 Å². The number of hydrogen-bond donors (Lipinski definition) is 2. The van der Waals surface area contributed by atoms with Crippen molar-refractivity contribution in [1.29, 1.82) is 0 Å². The van der Waals surface area contributed by atoms with Crippen molar-refractivity contribution in [1.82, 2.24) is 4.90 Å². The van der Waals surface area contributed by atoms with Crippen molar-refractivity contribution in [2.45, 2.75) is 6.54 Å². The molecule has 0 atom stereocenters. The fraction of sp³-hybridized carbons (Fsp3) is 0.154. The summed E-state index contributed by atoms with van der Waals surface area (Å²) in [6.07, 6.45) is 3.20. The Balaban J connectivity index is 1.95. The average molecular weight is 245 g/mol. The van der Waals surface area contributed by atoms with Crippen LogP contribution in [0.3, 0.4) is 0 Å². The number of benzene rings is 1. The second-order valence-corrected chi connectivity index (χ2v) is 4.04. The van der Waals surface area contributed by atoms with E-state index in [9.17, 15) is 4.79 Å². The molecule has 0 unspecified atom stereocenters. The lowest BCUT2D eigenvalue weighted by Crippen LogP contribution is -2.30. The molecule has 0 aliphatic carbocycles. The van der Waals surface area contributed by atoms with E-state index in [4.69, 9.17) is 10.2 Å². The van der Waals surface area contributed by atoms with Gasteiger partial charge in [0.1, 0.15) is 0 Å². The molecule has 18 heavy (non-hydrogen) atoms. The van der Waals surface area contributed by atoms with E-state index in [1.807, 2.05) is 6.07 Å². The summed E-state index contributed by atoms with van der Waals surface area (Å²) in [5, 5.41) is 2.77. The minimum Gasteiger partial charge on any atom is -0.472 e. The second-order valence-electron chi connectivity index (χ2n) is 4.04. The van der Waals surface area contributed by atoms with Crippen LogP contribution in [0.1, 0.15) is 5.56 Å². The topological polar surface area (TPSA) is 71.5 Å². The molecule has 0 spiro atoms. The maximum Gasteiger partial charge on any atom is 0.321 e. The largest absolute Gasteiger partial charge is 0.472 e. The predicted molar refractivity (Wildman–Crippen MR) is 70.0 cm³/mol. The van der Waals surface area contributed by atoms with Crippen molar-refractivity contribution in [2.75, 3.05) is 18.1 Å². The molecule has 0 radical (unpaired) electrons. The van der Waals surface area contributed by atoms with Gasteiger partial charge in [0.05, 0.1) is 19.1 Å². The molecule has 0 saturated heterocycles. The zero-order chi connectivity index (χ0) is 13.0. The first-order valence-corrected chi connectivity index (χ1v) is 5.54. The van der Waals surface area contributed by atoms with Gasteiger partial charge in [0.2, 0.25) is 0 Å². The summed E-state index contributed by atoms with van der Waals surface area (Å²) in [5.41, 5.74) is 7.88. The number of anilines is 2. The van der Waals surface area contributed by atoms with E-state index < -0.39 is 0 Å². The Bertz CT molecular complexity index is 523. The second kappa shape index (κ2) is 5.27. The van der Waals surface area contributed by atoms with E-state index in [1.54, 1.807) is 48.7 Å². The maximum atomic E-state index is 11.9. The Hall–Kier alpha value is -2.43. The van der Waals surface area contributed by atoms with Gasteiger partial charge in [0, 0.05) is 24.0 Å². The molecule has 1 aromatic carbocycles. The average Bonchev–Trinajstić information content (AvgIpc) is 2.81. The number of nitrogens with zero attached hydrogens (tertiary/aromatic N) is 1. The molecule has 0 bridgehead atoms. The van der Waals surface area contributed by atoms with Crippen LogP contribution < -0.4 is 11.1 Å². The third kappa shape index (κ3) is 3.04. The first kappa shape index (κ1) is 12.0. The number of urea groups is 1. The number of carbonyl (C=O) groups excluding carboxylic acids is 1. The van der Waals surface area contributed by atoms with Crippen LogP contribution in [0.25, 0.3) is 0 Å². The molecule has 0 aliphatic rings. The van der Waals surface area contributed by atoms with Crippen molar-refractivity contribution in [3.63, 3.8) is 0 Å². The van der Waals surface area contributed by atoms with E-state index in [2.05, 4.69) is 5.32 Å². The van der Waals surface area contributed by atoms with Gasteiger partial charge < -0.3 is 20.4 Å². The molecule has 1 aromatic heterocycles. The normalized spacial score (nSPS) is 10.1. The van der Waals surface area contributed by atoms with Gasteiger partial charge in [-0.1, -0.05) is 6.07 Å². The molecule has 5 nitrogen and oxygen atoms in total. The maximum absolute atomic E-state index is 11.9. The highest BCUT2D eigenvalue weighted by Gasteiger charge is 2.09. The Morgan fingerprint density at radius 3 is 2.94 bits per heavy atom. The molecule has 2 aromatic rings. The monoisotopic (exact) mass is 245 g/mol. The van der Waals surface area contributed by atoms with Crippen molar-refractivity contribution in [3.05, 3.63) is 48.4 Å². The minimum atomic E-state index is -0.193. The number of amides is 2. The van der Waals surface area contributed by atoms with Crippen molar-refractivity contribution < 1.29 is 9.21 Å². The molecule has 1 heterocycles. The summed E-state index contributed by atoms with van der Waals surface area (Å²) >= 11 is 0. The van der Waals surface area contributed by atoms with Crippen LogP contribution in [-0.4, -0.2) is 18.0 Å². The van der Waals surface area contributed by atoms with Crippen LogP contribution >= 0.6 is 0 Å². The summed E-state index contributed by atoms with van der Waals surface area (Å²) in [6, 6.07) is 8.70. The first-order chi connectivity index (χ1) is 8.65. The number of nitrogens with one attached hydrogen (secondary N) is 1. The van der Waals surface area contributed by atoms with Crippen LogP contribution in [0, 0.1) is 0 Å². The molecule has 0 saturated carbocycles. The molecule has 0 fully saturated rings. The fourth-order valence-electron chi connectivity index (χ4n) is 1.56. The minimum absolute atomic E-state index is 0.193. The van der Waals surface area contributed by atoms with Crippen LogP contribution in [0.15, 0.2) is 47.3 Å². The third-order valence-electron chi connectivity index (χ3n) is 2.48. The number of furan rings is 1. The highest BCUT2D eigenvalue weighted by Crippen LogP contribution is 2.13. The van der Waals surface area contributed by atoms with Crippen LogP contribution in [-0.2, 0) is 6.54 Å². The zero-order valence-electron chi connectivity index (χ0n) is 10.1. The van der Waals surface area contributed by atoms with E-state index in [-0.39, 0.29) is 6.03 Å². The highest BCUT2D eigenvalue weighted by molar-refractivity contribution is 5.89. The highest BCUT2D eigenvalue weighted by atomic mass is 16.3. The number of hydrogen-bond acceptors (Lipinski definition) is 3. The first-order valence-electron chi connectivity index (χ1n) is 5.54. The molecule has 0 aliphatic heterocycles. The van der Waals surface area contributed by atoms with Gasteiger partial charge >= 0.3 is 6.03 Å². The van der Waals surface area contributed by atoms with Gasteiger partial charge in [0.25, 0.3) is 0 Å². The van der Waals surface area contributed by atoms with Crippen LogP contribution in [0.5, 0.6) is 0 Å². The molecule has 2 rings (SSSR count). The number of nitrogen functional groups attached to an aromatic ring is 1. The van der Waals surface area contributed by atoms with E-state index in [0.29, 0.717) is 17.9 Å². The fourth-order valence-corrected chi connectivity index (χ4v) is 1.56. The summed E-state index contributed by atoms with van der Waals surface area (Å²) in [7, 11) is 1.72. The van der Waals surface area contributed by atoms with Gasteiger partial charge in [-0.2, -0.15) is 0 Å². The van der Waals surface area contributed by atoms with Gasteiger partial charge in [-0.05, 0) is 24.3 Å². The number of nitrogens with two attached hydrogens (primary N) is 1. The summed E-state index contributed by atoms with van der Waals surface area (Å²) < 4.78 is 4.95. The molecular formula is C13H15N3O2. The Morgan fingerprint density at radius 1 is 1.44 bits per heavy atom. The van der Waals surface area contributed by atoms with Crippen LogP contribution in [0.4, 0.5) is 16.2 Å². The van der Waals surface area contributed by atoms with Crippen LogP contribution in [0.2, 0.25) is 0 Å².